The Kier molecular flexibility index (Phi) is 5.64. The average Bonchev–Trinajstić information content (AvgIpc) is 2.36. The number of methoxy groups -OCH3 is 1. The highest BCUT2D eigenvalue weighted by Gasteiger charge is 2.06. The van der Waals surface area contributed by atoms with Gasteiger partial charge in [-0.1, -0.05) is 0 Å². The molecule has 18 heavy (non-hydrogen) atoms. The van der Waals surface area contributed by atoms with Crippen molar-refractivity contribution in [2.24, 2.45) is 5.10 Å². The Morgan fingerprint density at radius 2 is 2.22 bits per heavy atom. The summed E-state index contributed by atoms with van der Waals surface area (Å²) in [5, 5.41) is 3.94. The number of nitrogens with one attached hydrogen (secondary N) is 1. The fourth-order valence-corrected chi connectivity index (χ4v) is 1.71. The first-order valence-corrected chi connectivity index (χ1v) is 6.18. The quantitative estimate of drug-likeness (QED) is 0.516. The van der Waals surface area contributed by atoms with Gasteiger partial charge >= 0.3 is 5.97 Å². The molecule has 0 atom stereocenters. The predicted molar refractivity (Wildman–Crippen MR) is 74.1 cm³/mol. The van der Waals surface area contributed by atoms with Gasteiger partial charge in [0.15, 0.2) is 0 Å². The number of esters is 1. The van der Waals surface area contributed by atoms with Gasteiger partial charge in [-0.05, 0) is 48.0 Å². The average molecular weight is 315 g/mol. The predicted octanol–water partition coefficient (Wildman–Crippen LogP) is 2.81. The van der Waals surface area contributed by atoms with Gasteiger partial charge in [-0.25, -0.2) is 4.79 Å². The fraction of sp³-hybridized carbons (Fsp3) is 0.333. The van der Waals surface area contributed by atoms with Crippen molar-refractivity contribution >= 4 is 33.3 Å². The SMILES string of the molecule is CCOC(=O)/C(C)=N\Nc1ccc(OC)c(Br)c1. The molecule has 0 aliphatic rings. The van der Waals surface area contributed by atoms with E-state index >= 15 is 0 Å². The van der Waals surface area contributed by atoms with Gasteiger partial charge < -0.3 is 9.47 Å². The van der Waals surface area contributed by atoms with Gasteiger partial charge in [0, 0.05) is 0 Å². The molecule has 0 saturated carbocycles. The summed E-state index contributed by atoms with van der Waals surface area (Å²) in [7, 11) is 1.59. The highest BCUT2D eigenvalue weighted by Crippen LogP contribution is 2.27. The lowest BCUT2D eigenvalue weighted by atomic mass is 10.3. The highest BCUT2D eigenvalue weighted by atomic mass is 79.9. The molecule has 1 aromatic carbocycles. The van der Waals surface area contributed by atoms with Crippen LogP contribution in [-0.4, -0.2) is 25.4 Å². The van der Waals surface area contributed by atoms with Crippen LogP contribution in [-0.2, 0) is 9.53 Å². The summed E-state index contributed by atoms with van der Waals surface area (Å²) in [5.41, 5.74) is 3.79. The Morgan fingerprint density at radius 1 is 1.50 bits per heavy atom. The van der Waals surface area contributed by atoms with Gasteiger partial charge in [0.05, 0.1) is 23.9 Å². The molecule has 6 heteroatoms. The van der Waals surface area contributed by atoms with E-state index in [-0.39, 0.29) is 5.71 Å². The fourth-order valence-electron chi connectivity index (χ4n) is 1.17. The van der Waals surface area contributed by atoms with Crippen molar-refractivity contribution in [1.29, 1.82) is 0 Å². The first-order chi connectivity index (χ1) is 8.58. The van der Waals surface area contributed by atoms with Crippen molar-refractivity contribution in [2.75, 3.05) is 19.1 Å². The number of carbonyl (C=O) groups excluding carboxylic acids is 1. The third-order valence-electron chi connectivity index (χ3n) is 2.08. The number of hydrogen-bond donors (Lipinski definition) is 1. The first kappa shape index (κ1) is 14.5. The molecule has 5 nitrogen and oxygen atoms in total. The molecule has 0 heterocycles. The minimum absolute atomic E-state index is 0.267. The van der Waals surface area contributed by atoms with E-state index in [9.17, 15) is 4.79 Å². The van der Waals surface area contributed by atoms with Crippen LogP contribution < -0.4 is 10.2 Å². The monoisotopic (exact) mass is 314 g/mol. The van der Waals surface area contributed by atoms with Crippen molar-refractivity contribution in [3.8, 4) is 5.75 Å². The molecule has 0 radical (unpaired) electrons. The Bertz CT molecular complexity index is 461. The summed E-state index contributed by atoms with van der Waals surface area (Å²) in [6.07, 6.45) is 0. The third kappa shape index (κ3) is 4.03. The number of nitrogens with zero attached hydrogens (tertiary/aromatic N) is 1. The van der Waals surface area contributed by atoms with Crippen molar-refractivity contribution in [2.45, 2.75) is 13.8 Å². The van der Waals surface area contributed by atoms with Gasteiger partial charge in [-0.15, -0.1) is 0 Å². The van der Waals surface area contributed by atoms with Crippen molar-refractivity contribution in [3.05, 3.63) is 22.7 Å². The van der Waals surface area contributed by atoms with Crippen LogP contribution in [0.25, 0.3) is 0 Å². The Morgan fingerprint density at radius 3 is 2.78 bits per heavy atom. The molecule has 0 fully saturated rings. The lowest BCUT2D eigenvalue weighted by Gasteiger charge is -2.06. The Hall–Kier alpha value is -1.56. The molecular weight excluding hydrogens is 300 g/mol. The Labute approximate surface area is 114 Å². The molecule has 0 amide bonds. The van der Waals surface area contributed by atoms with E-state index in [1.54, 1.807) is 39.2 Å². The molecule has 1 aromatic rings. The molecular formula is C12H15BrN2O3. The van der Waals surface area contributed by atoms with Crippen LogP contribution in [0.5, 0.6) is 5.75 Å². The van der Waals surface area contributed by atoms with E-state index in [4.69, 9.17) is 9.47 Å². The summed E-state index contributed by atoms with van der Waals surface area (Å²) in [6, 6.07) is 5.40. The third-order valence-corrected chi connectivity index (χ3v) is 2.70. The van der Waals surface area contributed by atoms with Crippen LogP contribution in [0.4, 0.5) is 5.69 Å². The van der Waals surface area contributed by atoms with E-state index in [0.717, 1.165) is 15.9 Å². The molecule has 0 saturated heterocycles. The zero-order valence-electron chi connectivity index (χ0n) is 10.5. The maximum Gasteiger partial charge on any atom is 0.354 e. The van der Waals surface area contributed by atoms with Crippen molar-refractivity contribution in [3.63, 3.8) is 0 Å². The summed E-state index contributed by atoms with van der Waals surface area (Å²) >= 11 is 3.36. The first-order valence-electron chi connectivity index (χ1n) is 5.39. The lowest BCUT2D eigenvalue weighted by Crippen LogP contribution is -2.15. The van der Waals surface area contributed by atoms with Gasteiger partial charge in [-0.3, -0.25) is 5.43 Å². The second-order valence-electron chi connectivity index (χ2n) is 3.38. The topological polar surface area (TPSA) is 59.9 Å². The molecule has 0 aromatic heterocycles. The van der Waals surface area contributed by atoms with Gasteiger partial charge in [-0.2, -0.15) is 5.10 Å². The Balaban J connectivity index is 2.71. The zero-order chi connectivity index (χ0) is 13.5. The minimum Gasteiger partial charge on any atom is -0.496 e. The normalized spacial score (nSPS) is 11.0. The largest absolute Gasteiger partial charge is 0.496 e. The number of anilines is 1. The van der Waals surface area contributed by atoms with Gasteiger partial charge in [0.1, 0.15) is 11.5 Å². The van der Waals surface area contributed by atoms with Gasteiger partial charge in [0.25, 0.3) is 0 Å². The van der Waals surface area contributed by atoms with Crippen molar-refractivity contribution in [1.82, 2.24) is 0 Å². The molecule has 0 aliphatic heterocycles. The maximum absolute atomic E-state index is 11.3. The van der Waals surface area contributed by atoms with E-state index < -0.39 is 5.97 Å². The van der Waals surface area contributed by atoms with E-state index in [1.807, 2.05) is 0 Å². The van der Waals surface area contributed by atoms with Gasteiger partial charge in [0.2, 0.25) is 0 Å². The molecule has 1 N–H and O–H groups in total. The number of hydrogen-bond acceptors (Lipinski definition) is 5. The zero-order valence-corrected chi connectivity index (χ0v) is 12.1. The van der Waals surface area contributed by atoms with E-state index in [1.165, 1.54) is 0 Å². The summed E-state index contributed by atoms with van der Waals surface area (Å²) in [5.74, 6) is 0.296. The second kappa shape index (κ2) is 7.00. The van der Waals surface area contributed by atoms with Crippen LogP contribution in [0.15, 0.2) is 27.8 Å². The molecule has 0 unspecified atom stereocenters. The molecule has 98 valence electrons. The van der Waals surface area contributed by atoms with Crippen molar-refractivity contribution < 1.29 is 14.3 Å². The lowest BCUT2D eigenvalue weighted by molar-refractivity contribution is -0.135. The number of rotatable bonds is 5. The number of carbonyl (C=O) groups is 1. The number of ether oxygens (including phenoxy) is 2. The second-order valence-corrected chi connectivity index (χ2v) is 4.23. The van der Waals surface area contributed by atoms with E-state index in [0.29, 0.717) is 6.61 Å². The molecule has 0 spiro atoms. The van der Waals surface area contributed by atoms with E-state index in [2.05, 4.69) is 26.5 Å². The number of halogens is 1. The van der Waals surface area contributed by atoms with Crippen LogP contribution in [0.3, 0.4) is 0 Å². The number of hydrazone groups is 1. The molecule has 0 aliphatic carbocycles. The summed E-state index contributed by atoms with van der Waals surface area (Å²) < 4.78 is 10.7. The molecule has 0 bridgehead atoms. The highest BCUT2D eigenvalue weighted by molar-refractivity contribution is 9.10. The van der Waals surface area contributed by atoms with Crippen LogP contribution in [0.1, 0.15) is 13.8 Å². The van der Waals surface area contributed by atoms with Crippen LogP contribution >= 0.6 is 15.9 Å². The maximum atomic E-state index is 11.3. The molecule has 1 rings (SSSR count). The van der Waals surface area contributed by atoms with Crippen LogP contribution in [0.2, 0.25) is 0 Å². The van der Waals surface area contributed by atoms with Crippen LogP contribution in [0, 0.1) is 0 Å². The minimum atomic E-state index is -0.433. The number of benzene rings is 1. The summed E-state index contributed by atoms with van der Waals surface area (Å²) in [6.45, 7) is 3.67. The summed E-state index contributed by atoms with van der Waals surface area (Å²) in [4.78, 5) is 11.3. The standard InChI is InChI=1S/C12H15BrN2O3/c1-4-18-12(16)8(2)14-15-9-5-6-11(17-3)10(13)7-9/h5-7,15H,4H2,1-3H3/b14-8-. The smallest absolute Gasteiger partial charge is 0.354 e.